The molecule has 1 aromatic heterocycles. The lowest BCUT2D eigenvalue weighted by Crippen LogP contribution is -2.26. The second kappa shape index (κ2) is 7.62. The molecule has 0 radical (unpaired) electrons. The van der Waals surface area contributed by atoms with E-state index >= 15 is 0 Å². The first-order valence-electron chi connectivity index (χ1n) is 9.08. The van der Waals surface area contributed by atoms with Crippen molar-refractivity contribution >= 4 is 11.6 Å². The first-order valence-corrected chi connectivity index (χ1v) is 9.46. The lowest BCUT2D eigenvalue weighted by Gasteiger charge is -2.17. The van der Waals surface area contributed by atoms with Crippen LogP contribution in [0.5, 0.6) is 11.5 Å². The lowest BCUT2D eigenvalue weighted by molar-refractivity contribution is 0.374. The Balaban J connectivity index is 1.86. The van der Waals surface area contributed by atoms with Gasteiger partial charge in [-0.1, -0.05) is 41.9 Å². The molecule has 0 unspecified atom stereocenters. The average Bonchev–Trinajstić information content (AvgIpc) is 3.35. The summed E-state index contributed by atoms with van der Waals surface area (Å²) in [6.45, 7) is 1.85. The minimum absolute atomic E-state index is 0.0533. The van der Waals surface area contributed by atoms with E-state index in [-0.39, 0.29) is 10.8 Å². The quantitative estimate of drug-likeness (QED) is 0.688. The molecule has 27 heavy (non-hydrogen) atoms. The number of imidazole rings is 1. The molecule has 2 N–H and O–H groups in total. The predicted molar refractivity (Wildman–Crippen MR) is 107 cm³/mol. The Bertz CT molecular complexity index is 934. The molecule has 2 aromatic carbocycles. The highest BCUT2D eigenvalue weighted by atomic mass is 35.5. The minimum Gasteiger partial charge on any atom is -0.503 e. The summed E-state index contributed by atoms with van der Waals surface area (Å²) < 4.78 is 7.31. The highest BCUT2D eigenvalue weighted by Crippen LogP contribution is 2.43. The summed E-state index contributed by atoms with van der Waals surface area (Å²) in [5.41, 5.74) is 3.50. The van der Waals surface area contributed by atoms with E-state index in [9.17, 15) is 5.11 Å². The molecule has 1 aliphatic heterocycles. The van der Waals surface area contributed by atoms with Crippen molar-refractivity contribution in [2.75, 3.05) is 13.7 Å². The number of hydrogen-bond donors (Lipinski definition) is 2. The predicted octanol–water partition coefficient (Wildman–Crippen LogP) is 4.34. The lowest BCUT2D eigenvalue weighted by atomic mass is 10.0. The number of benzene rings is 2. The highest BCUT2D eigenvalue weighted by Gasteiger charge is 2.23. The fraction of sp³-hybridized carbons (Fsp3) is 0.286. The summed E-state index contributed by atoms with van der Waals surface area (Å²) in [6.07, 6.45) is 4.18. The topological polar surface area (TPSA) is 59.3 Å². The highest BCUT2D eigenvalue weighted by molar-refractivity contribution is 6.35. The van der Waals surface area contributed by atoms with Crippen LogP contribution in [-0.2, 0) is 6.54 Å². The van der Waals surface area contributed by atoms with E-state index in [0.29, 0.717) is 11.8 Å². The molecule has 5 nitrogen and oxygen atoms in total. The van der Waals surface area contributed by atoms with Gasteiger partial charge in [-0.05, 0) is 31.5 Å². The summed E-state index contributed by atoms with van der Waals surface area (Å²) in [4.78, 5) is 4.68. The van der Waals surface area contributed by atoms with Crippen molar-refractivity contribution in [1.82, 2.24) is 14.9 Å². The second-order valence-electron chi connectivity index (χ2n) is 6.73. The maximum atomic E-state index is 10.4. The molecule has 2 heterocycles. The summed E-state index contributed by atoms with van der Waals surface area (Å²) in [6, 6.07) is 14.0. The van der Waals surface area contributed by atoms with E-state index in [1.807, 2.05) is 42.7 Å². The van der Waals surface area contributed by atoms with Gasteiger partial charge in [0.2, 0.25) is 0 Å². The van der Waals surface area contributed by atoms with Gasteiger partial charge in [-0.25, -0.2) is 4.98 Å². The van der Waals surface area contributed by atoms with Gasteiger partial charge in [-0.3, -0.25) is 0 Å². The molecule has 1 atom stereocenters. The average molecular weight is 384 g/mol. The van der Waals surface area contributed by atoms with Crippen LogP contribution in [0.4, 0.5) is 0 Å². The Morgan fingerprint density at radius 1 is 1.26 bits per heavy atom. The number of nitrogens with one attached hydrogen (secondary N) is 1. The van der Waals surface area contributed by atoms with Crippen LogP contribution < -0.4 is 10.1 Å². The van der Waals surface area contributed by atoms with Gasteiger partial charge in [-0.15, -0.1) is 0 Å². The van der Waals surface area contributed by atoms with Crippen LogP contribution in [0.3, 0.4) is 0 Å². The van der Waals surface area contributed by atoms with Crippen molar-refractivity contribution in [1.29, 1.82) is 0 Å². The molecular weight excluding hydrogens is 362 g/mol. The van der Waals surface area contributed by atoms with Crippen LogP contribution >= 0.6 is 11.6 Å². The van der Waals surface area contributed by atoms with Crippen LogP contribution in [-0.4, -0.2) is 34.4 Å². The van der Waals surface area contributed by atoms with E-state index in [2.05, 4.69) is 14.9 Å². The molecule has 3 aromatic rings. The van der Waals surface area contributed by atoms with Crippen molar-refractivity contribution < 1.29 is 9.84 Å². The van der Waals surface area contributed by atoms with Gasteiger partial charge in [0.05, 0.1) is 29.8 Å². The molecule has 1 aliphatic rings. The Labute approximate surface area is 163 Å². The van der Waals surface area contributed by atoms with Gasteiger partial charge in [0.15, 0.2) is 11.5 Å². The smallest absolute Gasteiger partial charge is 0.177 e. The van der Waals surface area contributed by atoms with Crippen LogP contribution in [0.1, 0.15) is 12.8 Å². The van der Waals surface area contributed by atoms with E-state index in [0.717, 1.165) is 42.0 Å². The summed E-state index contributed by atoms with van der Waals surface area (Å²) >= 11 is 6.53. The maximum Gasteiger partial charge on any atom is 0.177 e. The summed E-state index contributed by atoms with van der Waals surface area (Å²) in [5, 5.41) is 14.2. The molecule has 140 valence electrons. The number of nitrogens with zero attached hydrogens (tertiary/aromatic N) is 2. The SMILES string of the molecule is COc1ccc(-c2c(-c3ccccc3)ncn2C[C@H]2CCCN2)c(Cl)c1O. The van der Waals surface area contributed by atoms with Crippen molar-refractivity contribution in [2.24, 2.45) is 0 Å². The summed E-state index contributed by atoms with van der Waals surface area (Å²) in [5.74, 6) is 0.302. The number of phenolic OH excluding ortho intramolecular Hbond substituents is 1. The third-order valence-electron chi connectivity index (χ3n) is 5.02. The Kier molecular flexibility index (Phi) is 5.05. The molecule has 0 saturated carbocycles. The van der Waals surface area contributed by atoms with Crippen molar-refractivity contribution in [3.8, 4) is 34.0 Å². The van der Waals surface area contributed by atoms with Crippen LogP contribution in [0.2, 0.25) is 5.02 Å². The zero-order valence-corrected chi connectivity index (χ0v) is 15.9. The van der Waals surface area contributed by atoms with Crippen molar-refractivity contribution in [3.05, 3.63) is 53.8 Å². The molecule has 1 fully saturated rings. The molecule has 0 amide bonds. The fourth-order valence-electron chi connectivity index (χ4n) is 3.65. The first kappa shape index (κ1) is 17.9. The number of aromatic hydroxyl groups is 1. The Morgan fingerprint density at radius 2 is 2.07 bits per heavy atom. The minimum atomic E-state index is -0.0533. The Hall–Kier alpha value is -2.50. The molecule has 0 bridgehead atoms. The number of ether oxygens (including phenoxy) is 1. The standard InChI is InChI=1S/C21H22ClN3O2/c1-27-17-10-9-16(18(22)21(17)26)20-19(14-6-3-2-4-7-14)24-13-25(20)12-15-8-5-11-23-15/h2-4,6-7,9-10,13,15,23,26H,5,8,11-12H2,1H3/t15-/m1/s1. The number of hydrogen-bond acceptors (Lipinski definition) is 4. The van der Waals surface area contributed by atoms with Gasteiger partial charge < -0.3 is 19.7 Å². The maximum absolute atomic E-state index is 10.4. The van der Waals surface area contributed by atoms with Crippen LogP contribution in [0, 0.1) is 0 Å². The molecule has 1 saturated heterocycles. The third-order valence-corrected chi connectivity index (χ3v) is 5.40. The van der Waals surface area contributed by atoms with E-state index in [1.54, 1.807) is 6.07 Å². The second-order valence-corrected chi connectivity index (χ2v) is 7.11. The molecule has 6 heteroatoms. The summed E-state index contributed by atoms with van der Waals surface area (Å²) in [7, 11) is 1.51. The van der Waals surface area contributed by atoms with Gasteiger partial charge in [-0.2, -0.15) is 0 Å². The first-order chi connectivity index (χ1) is 13.2. The van der Waals surface area contributed by atoms with E-state index in [4.69, 9.17) is 16.3 Å². The number of methoxy groups -OCH3 is 1. The Morgan fingerprint density at radius 3 is 2.78 bits per heavy atom. The zero-order chi connectivity index (χ0) is 18.8. The number of aromatic nitrogens is 2. The van der Waals surface area contributed by atoms with Gasteiger partial charge in [0.1, 0.15) is 0 Å². The van der Waals surface area contributed by atoms with E-state index in [1.165, 1.54) is 13.5 Å². The largest absolute Gasteiger partial charge is 0.503 e. The van der Waals surface area contributed by atoms with E-state index < -0.39 is 0 Å². The third kappa shape index (κ3) is 3.40. The number of halogens is 1. The molecule has 0 aliphatic carbocycles. The van der Waals surface area contributed by atoms with Gasteiger partial charge in [0.25, 0.3) is 0 Å². The molecule has 4 rings (SSSR count). The van der Waals surface area contributed by atoms with Crippen LogP contribution in [0.25, 0.3) is 22.5 Å². The van der Waals surface area contributed by atoms with Gasteiger partial charge >= 0.3 is 0 Å². The molecule has 0 spiro atoms. The monoisotopic (exact) mass is 383 g/mol. The normalized spacial score (nSPS) is 16.6. The van der Waals surface area contributed by atoms with Gasteiger partial charge in [0, 0.05) is 23.7 Å². The fourth-order valence-corrected chi connectivity index (χ4v) is 3.90. The van der Waals surface area contributed by atoms with Crippen molar-refractivity contribution in [2.45, 2.75) is 25.4 Å². The number of phenols is 1. The molecular formula is C21H22ClN3O2. The van der Waals surface area contributed by atoms with Crippen LogP contribution in [0.15, 0.2) is 48.8 Å². The zero-order valence-electron chi connectivity index (χ0n) is 15.2. The number of rotatable bonds is 5. The van der Waals surface area contributed by atoms with Crippen molar-refractivity contribution in [3.63, 3.8) is 0 Å².